The van der Waals surface area contributed by atoms with Crippen molar-refractivity contribution in [1.29, 1.82) is 0 Å². The van der Waals surface area contributed by atoms with E-state index < -0.39 is 0 Å². The molecule has 2 N–H and O–H groups in total. The molecule has 1 saturated carbocycles. The molecule has 7 heteroatoms. The molecule has 1 aromatic rings. The average Bonchev–Trinajstić information content (AvgIpc) is 3.16. The van der Waals surface area contributed by atoms with E-state index in [0.29, 0.717) is 56.6 Å². The Morgan fingerprint density at radius 1 is 1.11 bits per heavy atom. The number of amides is 2. The van der Waals surface area contributed by atoms with Crippen molar-refractivity contribution in [2.24, 2.45) is 17.6 Å². The summed E-state index contributed by atoms with van der Waals surface area (Å²) in [5.74, 6) is 1.21. The van der Waals surface area contributed by atoms with Gasteiger partial charge in [0, 0.05) is 32.1 Å². The first-order valence-electron chi connectivity index (χ1n) is 9.65. The summed E-state index contributed by atoms with van der Waals surface area (Å²) in [4.78, 5) is 29.4. The minimum absolute atomic E-state index is 0. The summed E-state index contributed by atoms with van der Waals surface area (Å²) >= 11 is 0. The van der Waals surface area contributed by atoms with Crippen molar-refractivity contribution in [1.82, 2.24) is 9.80 Å². The van der Waals surface area contributed by atoms with Crippen molar-refractivity contribution in [2.45, 2.75) is 26.2 Å². The molecule has 3 rings (SSSR count). The molecule has 2 fully saturated rings. The second-order valence-electron chi connectivity index (χ2n) is 7.08. The van der Waals surface area contributed by atoms with Gasteiger partial charge in [-0.1, -0.05) is 18.6 Å². The third kappa shape index (κ3) is 4.74. The first-order chi connectivity index (χ1) is 12.7. The maximum Gasteiger partial charge on any atom is 0.257 e. The monoisotopic (exact) mass is 395 g/mol. The van der Waals surface area contributed by atoms with Crippen LogP contribution in [0.25, 0.3) is 0 Å². The van der Waals surface area contributed by atoms with Crippen LogP contribution in [-0.4, -0.2) is 60.9 Å². The summed E-state index contributed by atoms with van der Waals surface area (Å²) in [5.41, 5.74) is 6.41. The smallest absolute Gasteiger partial charge is 0.257 e. The van der Waals surface area contributed by atoms with Gasteiger partial charge in [0.05, 0.1) is 12.2 Å². The Morgan fingerprint density at radius 3 is 2.44 bits per heavy atom. The Labute approximate surface area is 167 Å². The summed E-state index contributed by atoms with van der Waals surface area (Å²) in [6.07, 6.45) is 3.09. The lowest BCUT2D eigenvalue weighted by Gasteiger charge is -2.37. The fraction of sp³-hybridized carbons (Fsp3) is 0.600. The molecule has 27 heavy (non-hydrogen) atoms. The van der Waals surface area contributed by atoms with E-state index in [1.807, 2.05) is 34.9 Å². The molecule has 2 amide bonds. The predicted molar refractivity (Wildman–Crippen MR) is 107 cm³/mol. The molecule has 1 saturated heterocycles. The summed E-state index contributed by atoms with van der Waals surface area (Å²) in [6.45, 7) is 5.32. The zero-order valence-corrected chi connectivity index (χ0v) is 16.7. The lowest BCUT2D eigenvalue weighted by molar-refractivity contribution is -0.138. The van der Waals surface area contributed by atoms with E-state index >= 15 is 0 Å². The maximum absolute atomic E-state index is 12.9. The number of carbonyl (C=O) groups excluding carboxylic acids is 2. The molecule has 150 valence electrons. The molecule has 1 aliphatic heterocycles. The molecule has 1 aromatic carbocycles. The van der Waals surface area contributed by atoms with Gasteiger partial charge >= 0.3 is 0 Å². The van der Waals surface area contributed by atoms with Gasteiger partial charge in [-0.2, -0.15) is 0 Å². The SMILES string of the molecule is CCOc1ccccc1C(=O)N1CCN(C(=O)[C@@H]2CCC[C@@H]2CN)CC1.Cl. The predicted octanol–water partition coefficient (Wildman–Crippen LogP) is 2.17. The van der Waals surface area contributed by atoms with Gasteiger partial charge in [-0.05, 0) is 44.4 Å². The second kappa shape index (κ2) is 9.95. The minimum atomic E-state index is -0.0261. The Bertz CT molecular complexity index is 647. The van der Waals surface area contributed by atoms with Crippen LogP contribution in [0.3, 0.4) is 0 Å². The number of para-hydroxylation sites is 1. The molecule has 0 aromatic heterocycles. The van der Waals surface area contributed by atoms with Gasteiger partial charge in [-0.25, -0.2) is 0 Å². The highest BCUT2D eigenvalue weighted by Gasteiger charge is 2.36. The topological polar surface area (TPSA) is 75.9 Å². The number of piperazine rings is 1. The highest BCUT2D eigenvalue weighted by molar-refractivity contribution is 5.97. The fourth-order valence-electron chi connectivity index (χ4n) is 4.10. The molecule has 0 spiro atoms. The van der Waals surface area contributed by atoms with Crippen molar-refractivity contribution >= 4 is 24.2 Å². The van der Waals surface area contributed by atoms with Crippen molar-refractivity contribution in [3.63, 3.8) is 0 Å². The number of ether oxygens (including phenoxy) is 1. The number of benzene rings is 1. The third-order valence-corrected chi connectivity index (χ3v) is 5.57. The summed E-state index contributed by atoms with van der Waals surface area (Å²) in [7, 11) is 0. The number of hydrogen-bond acceptors (Lipinski definition) is 4. The minimum Gasteiger partial charge on any atom is -0.493 e. The Hall–Kier alpha value is -1.79. The van der Waals surface area contributed by atoms with Crippen molar-refractivity contribution in [3.05, 3.63) is 29.8 Å². The van der Waals surface area contributed by atoms with Crippen LogP contribution in [0.4, 0.5) is 0 Å². The van der Waals surface area contributed by atoms with E-state index in [-0.39, 0.29) is 30.1 Å². The lowest BCUT2D eigenvalue weighted by Crippen LogP contribution is -2.52. The molecule has 0 radical (unpaired) electrons. The largest absolute Gasteiger partial charge is 0.493 e. The quantitative estimate of drug-likeness (QED) is 0.828. The van der Waals surface area contributed by atoms with Gasteiger partial charge in [-0.15, -0.1) is 12.4 Å². The summed E-state index contributed by atoms with van der Waals surface area (Å²) in [6, 6.07) is 7.34. The Morgan fingerprint density at radius 2 is 1.78 bits per heavy atom. The van der Waals surface area contributed by atoms with Gasteiger partial charge < -0.3 is 20.3 Å². The number of nitrogens with zero attached hydrogens (tertiary/aromatic N) is 2. The number of hydrogen-bond donors (Lipinski definition) is 1. The number of nitrogens with two attached hydrogens (primary N) is 1. The second-order valence-corrected chi connectivity index (χ2v) is 7.08. The number of carbonyl (C=O) groups is 2. The first-order valence-corrected chi connectivity index (χ1v) is 9.65. The third-order valence-electron chi connectivity index (χ3n) is 5.57. The van der Waals surface area contributed by atoms with Crippen LogP contribution in [0.2, 0.25) is 0 Å². The van der Waals surface area contributed by atoms with E-state index in [4.69, 9.17) is 10.5 Å². The van der Waals surface area contributed by atoms with Crippen molar-refractivity contribution in [2.75, 3.05) is 39.3 Å². The van der Waals surface area contributed by atoms with Gasteiger partial charge in [0.15, 0.2) is 0 Å². The molecular weight excluding hydrogens is 366 g/mol. The van der Waals surface area contributed by atoms with Crippen LogP contribution in [0.15, 0.2) is 24.3 Å². The zero-order chi connectivity index (χ0) is 18.5. The van der Waals surface area contributed by atoms with E-state index in [1.165, 1.54) is 0 Å². The molecule has 2 aliphatic rings. The molecule has 1 heterocycles. The zero-order valence-electron chi connectivity index (χ0n) is 15.9. The first kappa shape index (κ1) is 21.5. The maximum atomic E-state index is 12.9. The fourth-order valence-corrected chi connectivity index (χ4v) is 4.10. The Balaban J connectivity index is 0.00000261. The van der Waals surface area contributed by atoms with Gasteiger partial charge in [0.2, 0.25) is 5.91 Å². The molecule has 0 bridgehead atoms. The van der Waals surface area contributed by atoms with E-state index in [9.17, 15) is 9.59 Å². The molecule has 0 unspecified atom stereocenters. The van der Waals surface area contributed by atoms with Crippen LogP contribution >= 0.6 is 12.4 Å². The standard InChI is InChI=1S/C20H29N3O3.ClH/c1-2-26-18-9-4-3-7-17(18)20(25)23-12-10-22(11-13-23)19(24)16-8-5-6-15(16)14-21;/h3-4,7,9,15-16H,2,5-6,8,10-14,21H2,1H3;1H/t15-,16-;/m1./s1. The van der Waals surface area contributed by atoms with Gasteiger partial charge in [0.1, 0.15) is 5.75 Å². The van der Waals surface area contributed by atoms with E-state index in [0.717, 1.165) is 19.3 Å². The molecule has 2 atom stereocenters. The summed E-state index contributed by atoms with van der Waals surface area (Å²) < 4.78 is 5.58. The van der Waals surface area contributed by atoms with Crippen LogP contribution < -0.4 is 10.5 Å². The Kier molecular flexibility index (Phi) is 7.92. The highest BCUT2D eigenvalue weighted by atomic mass is 35.5. The average molecular weight is 396 g/mol. The summed E-state index contributed by atoms with van der Waals surface area (Å²) in [5, 5.41) is 0. The van der Waals surface area contributed by atoms with E-state index in [2.05, 4.69) is 0 Å². The molecule has 1 aliphatic carbocycles. The van der Waals surface area contributed by atoms with Crippen molar-refractivity contribution < 1.29 is 14.3 Å². The van der Waals surface area contributed by atoms with Crippen LogP contribution in [-0.2, 0) is 4.79 Å². The van der Waals surface area contributed by atoms with Crippen LogP contribution in [0.5, 0.6) is 5.75 Å². The van der Waals surface area contributed by atoms with Crippen LogP contribution in [0.1, 0.15) is 36.5 Å². The van der Waals surface area contributed by atoms with Crippen LogP contribution in [0, 0.1) is 11.8 Å². The molecular formula is C20H30ClN3O3. The number of halogens is 1. The van der Waals surface area contributed by atoms with Crippen molar-refractivity contribution in [3.8, 4) is 5.75 Å². The normalized spacial score (nSPS) is 22.3. The van der Waals surface area contributed by atoms with Gasteiger partial charge in [-0.3, -0.25) is 9.59 Å². The highest BCUT2D eigenvalue weighted by Crippen LogP contribution is 2.32. The van der Waals surface area contributed by atoms with Gasteiger partial charge in [0.25, 0.3) is 5.91 Å². The number of rotatable bonds is 5. The lowest BCUT2D eigenvalue weighted by atomic mass is 9.94. The molecule has 6 nitrogen and oxygen atoms in total. The van der Waals surface area contributed by atoms with E-state index in [1.54, 1.807) is 6.07 Å².